The Morgan fingerprint density at radius 3 is 2.58 bits per heavy atom. The first kappa shape index (κ1) is 9.01. The van der Waals surface area contributed by atoms with E-state index in [1.807, 2.05) is 0 Å². The number of hydrogen-bond donors (Lipinski definition) is 0. The lowest BCUT2D eigenvalue weighted by atomic mass is 9.73. The predicted molar refractivity (Wildman–Crippen MR) is 53.7 cm³/mol. The van der Waals surface area contributed by atoms with Gasteiger partial charge in [-0.2, -0.15) is 0 Å². The van der Waals surface area contributed by atoms with Crippen LogP contribution >= 0.6 is 15.9 Å². The second-order valence-electron chi connectivity index (χ2n) is 4.35. The zero-order chi connectivity index (χ0) is 8.44. The van der Waals surface area contributed by atoms with Gasteiger partial charge < -0.3 is 4.74 Å². The molecule has 0 radical (unpaired) electrons. The van der Waals surface area contributed by atoms with Gasteiger partial charge >= 0.3 is 0 Å². The van der Waals surface area contributed by atoms with Crippen molar-refractivity contribution >= 4 is 15.9 Å². The lowest BCUT2D eigenvalue weighted by Gasteiger charge is -2.31. The molecule has 1 saturated heterocycles. The smallest absolute Gasteiger partial charge is 0.0678 e. The number of ether oxygens (including phenoxy) is 1. The molecule has 2 rings (SSSR count). The summed E-state index contributed by atoms with van der Waals surface area (Å²) < 4.78 is 5.75. The minimum absolute atomic E-state index is 0.503. The third-order valence-corrected chi connectivity index (χ3v) is 4.09. The van der Waals surface area contributed by atoms with Crippen LogP contribution in [0.25, 0.3) is 0 Å². The number of halogens is 1. The second kappa shape index (κ2) is 3.67. The Morgan fingerprint density at radius 2 is 2.00 bits per heavy atom. The zero-order valence-electron chi connectivity index (χ0n) is 7.52. The van der Waals surface area contributed by atoms with Crippen LogP contribution in [0.2, 0.25) is 0 Å². The minimum Gasteiger partial charge on any atom is -0.377 e. The fourth-order valence-corrected chi connectivity index (χ4v) is 3.06. The van der Waals surface area contributed by atoms with E-state index >= 15 is 0 Å². The predicted octanol–water partition coefficient (Wildman–Crippen LogP) is 3.12. The van der Waals surface area contributed by atoms with Crippen LogP contribution in [0.5, 0.6) is 0 Å². The van der Waals surface area contributed by atoms with E-state index in [-0.39, 0.29) is 0 Å². The summed E-state index contributed by atoms with van der Waals surface area (Å²) in [5.41, 5.74) is 0.594. The lowest BCUT2D eigenvalue weighted by molar-refractivity contribution is 0.0949. The number of alkyl halides is 1. The van der Waals surface area contributed by atoms with Gasteiger partial charge in [0.2, 0.25) is 0 Å². The molecule has 1 spiro atoms. The number of rotatable bonds is 1. The monoisotopic (exact) mass is 232 g/mol. The number of hydrogen-bond acceptors (Lipinski definition) is 1. The zero-order valence-corrected chi connectivity index (χ0v) is 9.11. The van der Waals surface area contributed by atoms with Gasteiger partial charge in [0.1, 0.15) is 0 Å². The van der Waals surface area contributed by atoms with Crippen LogP contribution in [-0.2, 0) is 4.74 Å². The van der Waals surface area contributed by atoms with Crippen molar-refractivity contribution in [2.24, 2.45) is 5.41 Å². The van der Waals surface area contributed by atoms with E-state index in [2.05, 4.69) is 15.9 Å². The Bertz CT molecular complexity index is 152. The maximum Gasteiger partial charge on any atom is 0.0678 e. The highest BCUT2D eigenvalue weighted by atomic mass is 79.9. The standard InChI is InChI=1S/C10H17BrO/c11-7-9-6-10(8-12-9)4-2-1-3-5-10/h9H,1-8H2/t9-/m0/s1. The lowest BCUT2D eigenvalue weighted by Crippen LogP contribution is -2.24. The molecular weight excluding hydrogens is 216 g/mol. The van der Waals surface area contributed by atoms with E-state index in [1.54, 1.807) is 0 Å². The Balaban J connectivity index is 1.94. The highest BCUT2D eigenvalue weighted by molar-refractivity contribution is 9.09. The molecule has 0 aromatic heterocycles. The van der Waals surface area contributed by atoms with Gasteiger partial charge in [-0.05, 0) is 24.7 Å². The highest BCUT2D eigenvalue weighted by Gasteiger charge is 2.40. The Kier molecular flexibility index (Phi) is 2.75. The van der Waals surface area contributed by atoms with Crippen molar-refractivity contribution in [1.82, 2.24) is 0 Å². The summed E-state index contributed by atoms with van der Waals surface area (Å²) in [5, 5.41) is 1.02. The summed E-state index contributed by atoms with van der Waals surface area (Å²) in [4.78, 5) is 0. The maximum absolute atomic E-state index is 5.75. The highest BCUT2D eigenvalue weighted by Crippen LogP contribution is 2.45. The topological polar surface area (TPSA) is 9.23 Å². The van der Waals surface area contributed by atoms with Gasteiger partial charge in [-0.3, -0.25) is 0 Å². The summed E-state index contributed by atoms with van der Waals surface area (Å²) in [6.45, 7) is 1.03. The van der Waals surface area contributed by atoms with Gasteiger partial charge in [0, 0.05) is 5.33 Å². The van der Waals surface area contributed by atoms with Crippen LogP contribution in [0.3, 0.4) is 0 Å². The van der Waals surface area contributed by atoms with Gasteiger partial charge in [-0.15, -0.1) is 0 Å². The Hall–Kier alpha value is 0.440. The van der Waals surface area contributed by atoms with Crippen LogP contribution in [0, 0.1) is 5.41 Å². The molecule has 12 heavy (non-hydrogen) atoms. The van der Waals surface area contributed by atoms with Gasteiger partial charge in [-0.1, -0.05) is 35.2 Å². The molecule has 70 valence electrons. The van der Waals surface area contributed by atoms with Crippen molar-refractivity contribution in [2.75, 3.05) is 11.9 Å². The molecule has 0 aromatic carbocycles. The van der Waals surface area contributed by atoms with E-state index in [4.69, 9.17) is 4.74 Å². The average Bonchev–Trinajstić information content (AvgIpc) is 2.50. The molecule has 1 atom stereocenters. The molecule has 1 heterocycles. The molecule has 1 nitrogen and oxygen atoms in total. The first-order valence-corrected chi connectivity index (χ1v) is 6.14. The maximum atomic E-state index is 5.75. The van der Waals surface area contributed by atoms with Crippen LogP contribution in [0.1, 0.15) is 38.5 Å². The molecule has 0 bridgehead atoms. The van der Waals surface area contributed by atoms with Gasteiger partial charge in [0.05, 0.1) is 12.7 Å². The van der Waals surface area contributed by atoms with E-state index in [0.717, 1.165) is 11.9 Å². The van der Waals surface area contributed by atoms with Crippen LogP contribution in [0.4, 0.5) is 0 Å². The van der Waals surface area contributed by atoms with Crippen molar-refractivity contribution in [3.63, 3.8) is 0 Å². The van der Waals surface area contributed by atoms with Crippen molar-refractivity contribution in [3.8, 4) is 0 Å². The first-order valence-electron chi connectivity index (χ1n) is 5.02. The molecule has 0 amide bonds. The molecule has 1 saturated carbocycles. The quantitative estimate of drug-likeness (QED) is 0.632. The molecule has 1 aliphatic carbocycles. The summed E-state index contributed by atoms with van der Waals surface area (Å²) in [7, 11) is 0. The largest absolute Gasteiger partial charge is 0.377 e. The van der Waals surface area contributed by atoms with E-state index in [0.29, 0.717) is 11.5 Å². The van der Waals surface area contributed by atoms with E-state index in [1.165, 1.54) is 38.5 Å². The normalized spacial score (nSPS) is 34.2. The van der Waals surface area contributed by atoms with Crippen molar-refractivity contribution in [3.05, 3.63) is 0 Å². The fourth-order valence-electron chi connectivity index (χ4n) is 2.64. The summed E-state index contributed by atoms with van der Waals surface area (Å²) in [6.07, 6.45) is 8.94. The van der Waals surface area contributed by atoms with E-state index < -0.39 is 0 Å². The summed E-state index contributed by atoms with van der Waals surface area (Å²) in [5.74, 6) is 0. The second-order valence-corrected chi connectivity index (χ2v) is 5.00. The minimum atomic E-state index is 0.503. The fraction of sp³-hybridized carbons (Fsp3) is 1.00. The summed E-state index contributed by atoms with van der Waals surface area (Å²) >= 11 is 3.50. The summed E-state index contributed by atoms with van der Waals surface area (Å²) in [6, 6.07) is 0. The molecule has 2 fully saturated rings. The van der Waals surface area contributed by atoms with Gasteiger partial charge in [-0.25, -0.2) is 0 Å². The third-order valence-electron chi connectivity index (χ3n) is 3.37. The molecule has 0 N–H and O–H groups in total. The average molecular weight is 233 g/mol. The van der Waals surface area contributed by atoms with Crippen molar-refractivity contribution in [2.45, 2.75) is 44.6 Å². The van der Waals surface area contributed by atoms with Gasteiger partial charge in [0.25, 0.3) is 0 Å². The molecule has 2 heteroatoms. The molecular formula is C10H17BrO. The Morgan fingerprint density at radius 1 is 1.25 bits per heavy atom. The Labute approximate surface area is 83.0 Å². The van der Waals surface area contributed by atoms with Crippen LogP contribution < -0.4 is 0 Å². The third kappa shape index (κ3) is 1.69. The van der Waals surface area contributed by atoms with Crippen LogP contribution in [0.15, 0.2) is 0 Å². The van der Waals surface area contributed by atoms with Crippen molar-refractivity contribution in [1.29, 1.82) is 0 Å². The van der Waals surface area contributed by atoms with Crippen molar-refractivity contribution < 1.29 is 4.74 Å². The van der Waals surface area contributed by atoms with E-state index in [9.17, 15) is 0 Å². The SMILES string of the molecule is BrC[C@@H]1CC2(CCCCC2)CO1. The molecule has 0 unspecified atom stereocenters. The molecule has 2 aliphatic rings. The van der Waals surface area contributed by atoms with Gasteiger partial charge in [0.15, 0.2) is 0 Å². The van der Waals surface area contributed by atoms with Crippen LogP contribution in [-0.4, -0.2) is 18.0 Å². The molecule has 0 aromatic rings. The first-order chi connectivity index (χ1) is 5.85. The molecule has 1 aliphatic heterocycles.